The summed E-state index contributed by atoms with van der Waals surface area (Å²) in [7, 11) is 0. The molecule has 0 aliphatic rings. The van der Waals surface area contributed by atoms with Crippen LogP contribution in [0.4, 0.5) is 4.39 Å². The minimum absolute atomic E-state index is 0.108. The molecule has 0 saturated heterocycles. The van der Waals surface area contributed by atoms with Crippen LogP contribution in [0.3, 0.4) is 0 Å². The Kier molecular flexibility index (Phi) is 4.04. The van der Waals surface area contributed by atoms with Gasteiger partial charge in [-0.1, -0.05) is 17.7 Å². The van der Waals surface area contributed by atoms with E-state index in [-0.39, 0.29) is 12.2 Å². The van der Waals surface area contributed by atoms with Crippen LogP contribution in [0, 0.1) is 0 Å². The molecule has 1 aromatic rings. The van der Waals surface area contributed by atoms with E-state index in [4.69, 9.17) is 17.3 Å². The molecular weight excluding hydrogens is 205 g/mol. The summed E-state index contributed by atoms with van der Waals surface area (Å²) in [5, 5.41) is 0.290. The zero-order valence-electron chi connectivity index (χ0n) is 7.59. The fourth-order valence-electron chi connectivity index (χ4n) is 1.13. The van der Waals surface area contributed by atoms with Crippen LogP contribution in [-0.4, -0.2) is 12.3 Å². The van der Waals surface area contributed by atoms with E-state index in [0.717, 1.165) is 0 Å². The Balaban J connectivity index is 2.94. The first-order valence-corrected chi connectivity index (χ1v) is 4.64. The van der Waals surface area contributed by atoms with E-state index < -0.39 is 6.67 Å². The van der Waals surface area contributed by atoms with Crippen molar-refractivity contribution in [1.82, 2.24) is 0 Å². The van der Waals surface area contributed by atoms with Crippen LogP contribution >= 0.6 is 11.6 Å². The lowest BCUT2D eigenvalue weighted by Crippen LogP contribution is -2.08. The second-order valence-corrected chi connectivity index (χ2v) is 3.32. The van der Waals surface area contributed by atoms with Crippen molar-refractivity contribution in [3.8, 4) is 0 Å². The van der Waals surface area contributed by atoms with Gasteiger partial charge in [-0.05, 0) is 24.2 Å². The minimum Gasteiger partial charge on any atom is -0.330 e. The van der Waals surface area contributed by atoms with Crippen LogP contribution < -0.4 is 5.73 Å². The third-order valence-electron chi connectivity index (χ3n) is 1.86. The average Bonchev–Trinajstić information content (AvgIpc) is 2.17. The summed E-state index contributed by atoms with van der Waals surface area (Å²) in [6.07, 6.45) is 0.259. The van der Waals surface area contributed by atoms with Crippen LogP contribution in [0.1, 0.15) is 22.3 Å². The molecule has 0 saturated carbocycles. The summed E-state index contributed by atoms with van der Waals surface area (Å²) >= 11 is 5.81. The highest BCUT2D eigenvalue weighted by molar-refractivity contribution is 6.34. The summed E-state index contributed by atoms with van der Waals surface area (Å²) in [5.41, 5.74) is 6.13. The molecule has 0 spiro atoms. The van der Waals surface area contributed by atoms with Crippen molar-refractivity contribution in [2.45, 2.75) is 13.1 Å². The first kappa shape index (κ1) is 11.1. The lowest BCUT2D eigenvalue weighted by atomic mass is 10.1. The number of hydrogen-bond donors (Lipinski definition) is 1. The molecule has 0 aromatic heterocycles. The molecule has 4 heteroatoms. The molecule has 0 fully saturated rings. The highest BCUT2D eigenvalue weighted by Gasteiger charge is 2.09. The largest absolute Gasteiger partial charge is 0.330 e. The number of benzene rings is 1. The predicted octanol–water partition coefficient (Wildman–Crippen LogP) is 2.34. The standard InChI is InChI=1S/C10H11ClFNO/c11-9-5-7(6-12)1-2-8(9)10(14)3-4-13/h1-2,5H,3-4,6,13H2. The Bertz CT molecular complexity index is 341. The lowest BCUT2D eigenvalue weighted by Gasteiger charge is -2.03. The van der Waals surface area contributed by atoms with Gasteiger partial charge in [0.25, 0.3) is 0 Å². The molecule has 0 amide bonds. The lowest BCUT2D eigenvalue weighted by molar-refractivity contribution is 0.0985. The van der Waals surface area contributed by atoms with Gasteiger partial charge in [0.05, 0.1) is 5.02 Å². The van der Waals surface area contributed by atoms with Gasteiger partial charge in [0.1, 0.15) is 6.67 Å². The number of hydrogen-bond acceptors (Lipinski definition) is 2. The monoisotopic (exact) mass is 215 g/mol. The van der Waals surface area contributed by atoms with Gasteiger partial charge < -0.3 is 5.73 Å². The predicted molar refractivity (Wildman–Crippen MR) is 54.3 cm³/mol. The molecule has 0 heterocycles. The zero-order chi connectivity index (χ0) is 10.6. The maximum atomic E-state index is 12.2. The summed E-state index contributed by atoms with van der Waals surface area (Å²) in [5.74, 6) is -0.108. The van der Waals surface area contributed by atoms with Crippen molar-refractivity contribution < 1.29 is 9.18 Å². The molecule has 14 heavy (non-hydrogen) atoms. The van der Waals surface area contributed by atoms with Gasteiger partial charge in [0.15, 0.2) is 5.78 Å². The first-order valence-electron chi connectivity index (χ1n) is 4.26. The molecule has 76 valence electrons. The third kappa shape index (κ3) is 2.53. The van der Waals surface area contributed by atoms with Gasteiger partial charge in [0.2, 0.25) is 0 Å². The molecule has 0 unspecified atom stereocenters. The van der Waals surface area contributed by atoms with E-state index in [1.165, 1.54) is 12.1 Å². The Morgan fingerprint density at radius 1 is 1.50 bits per heavy atom. The second-order valence-electron chi connectivity index (χ2n) is 2.91. The number of ketones is 1. The van der Waals surface area contributed by atoms with E-state index in [0.29, 0.717) is 22.7 Å². The van der Waals surface area contributed by atoms with E-state index >= 15 is 0 Å². The third-order valence-corrected chi connectivity index (χ3v) is 2.17. The van der Waals surface area contributed by atoms with Gasteiger partial charge in [-0.3, -0.25) is 4.79 Å². The van der Waals surface area contributed by atoms with E-state index in [2.05, 4.69) is 0 Å². The Hall–Kier alpha value is -0.930. The molecule has 2 N–H and O–H groups in total. The number of carbonyl (C=O) groups is 1. The SMILES string of the molecule is NCCC(=O)c1ccc(CF)cc1Cl. The maximum absolute atomic E-state index is 12.2. The Morgan fingerprint density at radius 3 is 2.71 bits per heavy atom. The van der Waals surface area contributed by atoms with Gasteiger partial charge in [-0.25, -0.2) is 4.39 Å². The molecule has 0 bridgehead atoms. The summed E-state index contributed by atoms with van der Waals surface area (Å²) in [6.45, 7) is -0.287. The van der Waals surface area contributed by atoms with Crippen molar-refractivity contribution in [2.24, 2.45) is 5.73 Å². The minimum atomic E-state index is -0.578. The van der Waals surface area contributed by atoms with Crippen molar-refractivity contribution in [3.63, 3.8) is 0 Å². The van der Waals surface area contributed by atoms with Crippen LogP contribution in [-0.2, 0) is 6.67 Å². The Labute approximate surface area is 86.9 Å². The fourth-order valence-corrected chi connectivity index (χ4v) is 1.44. The van der Waals surface area contributed by atoms with Gasteiger partial charge in [-0.2, -0.15) is 0 Å². The molecule has 1 aromatic carbocycles. The number of nitrogens with two attached hydrogens (primary N) is 1. The molecule has 0 aliphatic heterocycles. The number of carbonyl (C=O) groups excluding carboxylic acids is 1. The molecule has 0 aliphatic carbocycles. The van der Waals surface area contributed by atoms with E-state index in [1.54, 1.807) is 6.07 Å². The molecule has 0 radical (unpaired) electrons. The van der Waals surface area contributed by atoms with Crippen molar-refractivity contribution in [1.29, 1.82) is 0 Å². The molecule has 0 atom stereocenters. The first-order chi connectivity index (χ1) is 6.69. The highest BCUT2D eigenvalue weighted by atomic mass is 35.5. The van der Waals surface area contributed by atoms with Crippen LogP contribution in [0.2, 0.25) is 5.02 Å². The average molecular weight is 216 g/mol. The highest BCUT2D eigenvalue weighted by Crippen LogP contribution is 2.19. The van der Waals surface area contributed by atoms with E-state index in [1.807, 2.05) is 0 Å². The number of Topliss-reactive ketones (excluding diaryl/α,β-unsaturated/α-hetero) is 1. The van der Waals surface area contributed by atoms with Crippen LogP contribution in [0.5, 0.6) is 0 Å². The summed E-state index contributed by atoms with van der Waals surface area (Å²) in [4.78, 5) is 11.4. The van der Waals surface area contributed by atoms with Crippen LogP contribution in [0.15, 0.2) is 18.2 Å². The number of rotatable bonds is 4. The topological polar surface area (TPSA) is 43.1 Å². The molecule has 2 nitrogen and oxygen atoms in total. The van der Waals surface area contributed by atoms with Crippen LogP contribution in [0.25, 0.3) is 0 Å². The quantitative estimate of drug-likeness (QED) is 0.784. The van der Waals surface area contributed by atoms with Gasteiger partial charge in [-0.15, -0.1) is 0 Å². The van der Waals surface area contributed by atoms with Gasteiger partial charge >= 0.3 is 0 Å². The van der Waals surface area contributed by atoms with Gasteiger partial charge in [0, 0.05) is 12.0 Å². The summed E-state index contributed by atoms with van der Waals surface area (Å²) in [6, 6.07) is 4.55. The van der Waals surface area contributed by atoms with Crippen molar-refractivity contribution >= 4 is 17.4 Å². The number of halogens is 2. The summed E-state index contributed by atoms with van der Waals surface area (Å²) < 4.78 is 12.2. The normalized spacial score (nSPS) is 10.2. The molecular formula is C10H11ClFNO. The number of alkyl halides is 1. The fraction of sp³-hybridized carbons (Fsp3) is 0.300. The van der Waals surface area contributed by atoms with Crippen molar-refractivity contribution in [3.05, 3.63) is 34.3 Å². The Morgan fingerprint density at radius 2 is 2.21 bits per heavy atom. The zero-order valence-corrected chi connectivity index (χ0v) is 8.35. The smallest absolute Gasteiger partial charge is 0.165 e. The van der Waals surface area contributed by atoms with E-state index in [9.17, 15) is 9.18 Å². The second kappa shape index (κ2) is 5.08. The molecule has 1 rings (SSSR count). The maximum Gasteiger partial charge on any atom is 0.165 e. The van der Waals surface area contributed by atoms with Crippen molar-refractivity contribution in [2.75, 3.05) is 6.54 Å².